The van der Waals surface area contributed by atoms with Gasteiger partial charge in [0.25, 0.3) is 0 Å². The van der Waals surface area contributed by atoms with Gasteiger partial charge in [0, 0.05) is 45.1 Å². The maximum atomic E-state index is 2.31. The van der Waals surface area contributed by atoms with Crippen LogP contribution in [0.25, 0.3) is 11.1 Å². The van der Waals surface area contributed by atoms with Gasteiger partial charge in [-0.2, -0.15) is 0 Å². The highest BCUT2D eigenvalue weighted by Gasteiger charge is 2.22. The van der Waals surface area contributed by atoms with Crippen LogP contribution in [0.1, 0.15) is 11.1 Å². The van der Waals surface area contributed by atoms with E-state index in [2.05, 4.69) is 74.4 Å². The molecule has 0 bridgehead atoms. The van der Waals surface area contributed by atoms with E-state index in [4.69, 9.17) is 0 Å². The molecule has 0 N–H and O–H groups in total. The first-order chi connectivity index (χ1) is 9.08. The van der Waals surface area contributed by atoms with Crippen LogP contribution in [0, 0.1) is 0 Å². The number of fused-ring (bicyclic) bond motifs is 3. The Labute approximate surface area is 115 Å². The van der Waals surface area contributed by atoms with E-state index >= 15 is 0 Å². The van der Waals surface area contributed by atoms with Crippen molar-refractivity contribution in [2.45, 2.75) is 6.42 Å². The van der Waals surface area contributed by atoms with E-state index in [0.29, 0.717) is 0 Å². The maximum Gasteiger partial charge on any atom is 0.0443 e. The number of rotatable bonds is 2. The third-order valence-electron chi connectivity index (χ3n) is 3.87. The molecule has 0 fully saturated rings. The van der Waals surface area contributed by atoms with Crippen LogP contribution in [-0.4, -0.2) is 28.2 Å². The second-order valence-electron chi connectivity index (χ2n) is 5.62. The fourth-order valence-corrected chi connectivity index (χ4v) is 2.87. The molecule has 2 aromatic carbocycles. The molecule has 0 atom stereocenters. The van der Waals surface area contributed by atoms with E-state index in [1.165, 1.54) is 33.6 Å². The van der Waals surface area contributed by atoms with Gasteiger partial charge >= 0.3 is 0 Å². The molecule has 2 aromatic rings. The molecule has 0 aromatic heterocycles. The van der Waals surface area contributed by atoms with Crippen molar-refractivity contribution in [3.63, 3.8) is 0 Å². The van der Waals surface area contributed by atoms with E-state index in [1.54, 1.807) is 0 Å². The molecule has 0 heterocycles. The number of anilines is 2. The van der Waals surface area contributed by atoms with Crippen LogP contribution in [0.2, 0.25) is 0 Å². The highest BCUT2D eigenvalue weighted by molar-refractivity contribution is 5.88. The predicted octanol–water partition coefficient (Wildman–Crippen LogP) is 3.39. The molecule has 2 nitrogen and oxygen atoms in total. The number of hydrogen-bond acceptors (Lipinski definition) is 2. The third kappa shape index (κ3) is 1.88. The molecule has 0 saturated heterocycles. The van der Waals surface area contributed by atoms with Gasteiger partial charge in [-0.1, -0.05) is 18.2 Å². The summed E-state index contributed by atoms with van der Waals surface area (Å²) in [6.07, 6.45) is 1.05. The Bertz CT molecular complexity index is 627. The number of nitrogens with zero attached hydrogens (tertiary/aromatic N) is 2. The lowest BCUT2D eigenvalue weighted by atomic mass is 10.0. The summed E-state index contributed by atoms with van der Waals surface area (Å²) in [6.45, 7) is 0. The Morgan fingerprint density at radius 2 is 1.63 bits per heavy atom. The van der Waals surface area contributed by atoms with Crippen LogP contribution >= 0.6 is 0 Å². The summed E-state index contributed by atoms with van der Waals surface area (Å²) < 4.78 is 0. The fraction of sp³-hybridized carbons (Fsp3) is 0.294. The highest BCUT2D eigenvalue weighted by Crippen LogP contribution is 2.43. The Morgan fingerprint density at radius 3 is 2.32 bits per heavy atom. The quantitative estimate of drug-likeness (QED) is 0.690. The van der Waals surface area contributed by atoms with Gasteiger partial charge in [0.05, 0.1) is 0 Å². The maximum absolute atomic E-state index is 2.31. The summed E-state index contributed by atoms with van der Waals surface area (Å²) >= 11 is 0. The number of benzene rings is 2. The van der Waals surface area contributed by atoms with Gasteiger partial charge in [-0.25, -0.2) is 0 Å². The van der Waals surface area contributed by atoms with Crippen LogP contribution < -0.4 is 9.80 Å². The van der Waals surface area contributed by atoms with Gasteiger partial charge in [0.2, 0.25) is 0 Å². The molecule has 2 heteroatoms. The summed E-state index contributed by atoms with van der Waals surface area (Å²) in [7, 11) is 8.41. The van der Waals surface area contributed by atoms with Crippen molar-refractivity contribution in [2.75, 3.05) is 38.0 Å². The predicted molar refractivity (Wildman–Crippen MR) is 83.3 cm³/mol. The molecule has 98 valence electrons. The molecule has 0 amide bonds. The molecular formula is C17H20N2. The van der Waals surface area contributed by atoms with Gasteiger partial charge in [-0.15, -0.1) is 0 Å². The summed E-state index contributed by atoms with van der Waals surface area (Å²) in [5.41, 5.74) is 8.28. The molecule has 0 aliphatic heterocycles. The second kappa shape index (κ2) is 4.30. The first-order valence-electron chi connectivity index (χ1n) is 6.68. The van der Waals surface area contributed by atoms with E-state index in [1.807, 2.05) is 0 Å². The monoisotopic (exact) mass is 252 g/mol. The van der Waals surface area contributed by atoms with Gasteiger partial charge in [0.1, 0.15) is 0 Å². The smallest absolute Gasteiger partial charge is 0.0443 e. The van der Waals surface area contributed by atoms with Gasteiger partial charge in [-0.3, -0.25) is 0 Å². The van der Waals surface area contributed by atoms with Crippen molar-refractivity contribution in [1.29, 1.82) is 0 Å². The van der Waals surface area contributed by atoms with Crippen molar-refractivity contribution < 1.29 is 0 Å². The lowest BCUT2D eigenvalue weighted by Crippen LogP contribution is -2.10. The first kappa shape index (κ1) is 12.1. The zero-order valence-electron chi connectivity index (χ0n) is 12.1. The standard InChI is InChI=1S/C17H20N2/c1-18(2)14-8-9-15-13(11-14)10-12-6-5-7-16(17(12)15)19(3)4/h5-9,11H,10H2,1-4H3. The minimum Gasteiger partial charge on any atom is -0.378 e. The van der Waals surface area contributed by atoms with Crippen molar-refractivity contribution in [3.8, 4) is 11.1 Å². The minimum absolute atomic E-state index is 1.05. The highest BCUT2D eigenvalue weighted by atomic mass is 15.1. The molecule has 0 spiro atoms. The fourth-order valence-electron chi connectivity index (χ4n) is 2.87. The SMILES string of the molecule is CN(C)c1ccc2c(c1)Cc1cccc(N(C)C)c1-2. The summed E-state index contributed by atoms with van der Waals surface area (Å²) in [5.74, 6) is 0. The van der Waals surface area contributed by atoms with Gasteiger partial charge in [-0.05, 0) is 41.3 Å². The molecule has 1 aliphatic rings. The average Bonchev–Trinajstić information content (AvgIpc) is 2.75. The molecule has 0 saturated carbocycles. The topological polar surface area (TPSA) is 6.48 Å². The van der Waals surface area contributed by atoms with E-state index < -0.39 is 0 Å². The molecule has 0 radical (unpaired) electrons. The summed E-state index contributed by atoms with van der Waals surface area (Å²) in [4.78, 5) is 4.36. The largest absolute Gasteiger partial charge is 0.378 e. The Balaban J connectivity index is 2.17. The van der Waals surface area contributed by atoms with Crippen molar-refractivity contribution in [2.24, 2.45) is 0 Å². The Kier molecular flexibility index (Phi) is 2.74. The minimum atomic E-state index is 1.05. The second-order valence-corrected chi connectivity index (χ2v) is 5.62. The van der Waals surface area contributed by atoms with Crippen LogP contribution in [0.5, 0.6) is 0 Å². The molecule has 1 aliphatic carbocycles. The molecule has 3 rings (SSSR count). The van der Waals surface area contributed by atoms with Crippen LogP contribution in [-0.2, 0) is 6.42 Å². The Morgan fingerprint density at radius 1 is 0.842 bits per heavy atom. The molecular weight excluding hydrogens is 232 g/mol. The van der Waals surface area contributed by atoms with E-state index in [0.717, 1.165) is 6.42 Å². The average molecular weight is 252 g/mol. The lowest BCUT2D eigenvalue weighted by molar-refractivity contribution is 1.12. The molecule has 0 unspecified atom stereocenters. The van der Waals surface area contributed by atoms with Crippen LogP contribution in [0.4, 0.5) is 11.4 Å². The van der Waals surface area contributed by atoms with Gasteiger partial charge in [0.15, 0.2) is 0 Å². The Hall–Kier alpha value is -1.96. The third-order valence-corrected chi connectivity index (χ3v) is 3.87. The zero-order chi connectivity index (χ0) is 13.6. The van der Waals surface area contributed by atoms with Gasteiger partial charge < -0.3 is 9.80 Å². The first-order valence-corrected chi connectivity index (χ1v) is 6.68. The van der Waals surface area contributed by atoms with Crippen molar-refractivity contribution >= 4 is 11.4 Å². The number of hydrogen-bond donors (Lipinski definition) is 0. The molecule has 19 heavy (non-hydrogen) atoms. The lowest BCUT2D eigenvalue weighted by Gasteiger charge is -2.18. The van der Waals surface area contributed by atoms with Crippen LogP contribution in [0.15, 0.2) is 36.4 Å². The van der Waals surface area contributed by atoms with E-state index in [9.17, 15) is 0 Å². The summed E-state index contributed by atoms with van der Waals surface area (Å²) in [6, 6.07) is 13.4. The normalized spacial score (nSPS) is 12.0. The zero-order valence-corrected chi connectivity index (χ0v) is 12.1. The van der Waals surface area contributed by atoms with Crippen molar-refractivity contribution in [3.05, 3.63) is 47.5 Å². The van der Waals surface area contributed by atoms with Crippen LogP contribution in [0.3, 0.4) is 0 Å². The summed E-state index contributed by atoms with van der Waals surface area (Å²) in [5, 5.41) is 0. The van der Waals surface area contributed by atoms with Crippen molar-refractivity contribution in [1.82, 2.24) is 0 Å². The van der Waals surface area contributed by atoms with E-state index in [-0.39, 0.29) is 0 Å².